The molecule has 1 heterocycles. The molecule has 0 spiro atoms. The van der Waals surface area contributed by atoms with E-state index in [0.717, 1.165) is 29.2 Å². The number of rotatable bonds is 2. The van der Waals surface area contributed by atoms with Gasteiger partial charge in [-0.25, -0.2) is 0 Å². The molecule has 2 aromatic rings. The van der Waals surface area contributed by atoms with Gasteiger partial charge in [0.15, 0.2) is 0 Å². The Morgan fingerprint density at radius 1 is 0.917 bits per heavy atom. The number of benzene rings is 2. The Labute approximate surface area is 146 Å². The standard InChI is InChI=1S/C19H18ClN3O/c20-18-13-14-5-1-2-6-15(14)19(17-8-4-3-7-16(17)18)22-9-11-23(21-24)12-10-22/h1-8,13,19H,9-12H2. The first-order chi connectivity index (χ1) is 11.8. The van der Waals surface area contributed by atoms with Crippen molar-refractivity contribution in [3.05, 3.63) is 75.7 Å². The van der Waals surface area contributed by atoms with Crippen LogP contribution in [0.4, 0.5) is 0 Å². The minimum Gasteiger partial charge on any atom is -0.289 e. The summed E-state index contributed by atoms with van der Waals surface area (Å²) in [7, 11) is 0. The molecule has 1 aliphatic carbocycles. The largest absolute Gasteiger partial charge is 0.289 e. The van der Waals surface area contributed by atoms with Gasteiger partial charge in [-0.2, -0.15) is 0 Å². The Morgan fingerprint density at radius 2 is 1.58 bits per heavy atom. The Balaban J connectivity index is 1.82. The maximum atomic E-state index is 10.8. The van der Waals surface area contributed by atoms with Gasteiger partial charge >= 0.3 is 0 Å². The summed E-state index contributed by atoms with van der Waals surface area (Å²) in [5.41, 5.74) is 4.71. The zero-order chi connectivity index (χ0) is 16.5. The van der Waals surface area contributed by atoms with Crippen LogP contribution in [0.15, 0.2) is 53.8 Å². The Bertz CT molecular complexity index is 797. The predicted octanol–water partition coefficient (Wildman–Crippen LogP) is 4.13. The Hall–Kier alpha value is -2.17. The molecule has 0 amide bonds. The van der Waals surface area contributed by atoms with Crippen molar-refractivity contribution in [3.63, 3.8) is 0 Å². The molecule has 0 aromatic heterocycles. The maximum Gasteiger partial charge on any atom is 0.0615 e. The molecule has 1 aliphatic heterocycles. The van der Waals surface area contributed by atoms with Gasteiger partial charge in [0.05, 0.1) is 24.4 Å². The van der Waals surface area contributed by atoms with E-state index in [-0.39, 0.29) is 6.04 Å². The summed E-state index contributed by atoms with van der Waals surface area (Å²) in [6.07, 6.45) is 2.05. The number of hydrogen-bond acceptors (Lipinski definition) is 3. The second-order valence-electron chi connectivity index (χ2n) is 6.18. The zero-order valence-electron chi connectivity index (χ0n) is 13.2. The molecule has 4 rings (SSSR count). The van der Waals surface area contributed by atoms with E-state index in [1.165, 1.54) is 11.1 Å². The summed E-state index contributed by atoms with van der Waals surface area (Å²) in [5.74, 6) is 0. The van der Waals surface area contributed by atoms with Crippen molar-refractivity contribution in [1.29, 1.82) is 0 Å². The van der Waals surface area contributed by atoms with Gasteiger partial charge in [0.2, 0.25) is 0 Å². The van der Waals surface area contributed by atoms with Crippen molar-refractivity contribution in [2.75, 3.05) is 26.2 Å². The van der Waals surface area contributed by atoms with E-state index in [4.69, 9.17) is 11.6 Å². The van der Waals surface area contributed by atoms with Crippen molar-refractivity contribution in [1.82, 2.24) is 9.91 Å². The second kappa shape index (κ2) is 6.38. The van der Waals surface area contributed by atoms with Gasteiger partial charge in [-0.3, -0.25) is 9.91 Å². The van der Waals surface area contributed by atoms with Crippen LogP contribution in [-0.4, -0.2) is 36.1 Å². The topological polar surface area (TPSA) is 35.9 Å². The van der Waals surface area contributed by atoms with Crippen LogP contribution in [-0.2, 0) is 0 Å². The lowest BCUT2D eigenvalue weighted by atomic mass is 9.92. The Kier molecular flexibility index (Phi) is 4.08. The fourth-order valence-corrected chi connectivity index (χ4v) is 3.96. The molecule has 2 aromatic carbocycles. The molecule has 122 valence electrons. The van der Waals surface area contributed by atoms with E-state index >= 15 is 0 Å². The molecule has 1 atom stereocenters. The average molecular weight is 340 g/mol. The first kappa shape index (κ1) is 15.4. The van der Waals surface area contributed by atoms with Crippen LogP contribution < -0.4 is 0 Å². The van der Waals surface area contributed by atoms with Crippen LogP contribution in [0.25, 0.3) is 11.1 Å². The average Bonchev–Trinajstić information content (AvgIpc) is 2.76. The minimum atomic E-state index is 0.138. The van der Waals surface area contributed by atoms with Gasteiger partial charge < -0.3 is 0 Å². The summed E-state index contributed by atoms with van der Waals surface area (Å²) in [5, 5.41) is 5.44. The third-order valence-corrected chi connectivity index (χ3v) is 5.17. The summed E-state index contributed by atoms with van der Waals surface area (Å²) in [6.45, 7) is 2.92. The maximum absolute atomic E-state index is 10.8. The van der Waals surface area contributed by atoms with Gasteiger partial charge in [-0.05, 0) is 28.3 Å². The number of nitroso groups, excluding NO2 is 1. The number of fused-ring (bicyclic) bond motifs is 2. The summed E-state index contributed by atoms with van der Waals surface area (Å²) < 4.78 is 0. The van der Waals surface area contributed by atoms with Crippen LogP contribution >= 0.6 is 11.6 Å². The first-order valence-corrected chi connectivity index (χ1v) is 8.53. The molecule has 0 radical (unpaired) electrons. The number of hydrogen-bond donors (Lipinski definition) is 0. The summed E-state index contributed by atoms with van der Waals surface area (Å²) in [6, 6.07) is 16.9. The molecule has 1 unspecified atom stereocenters. The van der Waals surface area contributed by atoms with Crippen molar-refractivity contribution in [2.45, 2.75) is 6.04 Å². The first-order valence-electron chi connectivity index (χ1n) is 8.15. The fourth-order valence-electron chi connectivity index (χ4n) is 3.67. The highest BCUT2D eigenvalue weighted by Gasteiger charge is 2.31. The predicted molar refractivity (Wildman–Crippen MR) is 97.4 cm³/mol. The second-order valence-corrected chi connectivity index (χ2v) is 6.59. The molecular weight excluding hydrogens is 322 g/mol. The number of halogens is 1. The van der Waals surface area contributed by atoms with Gasteiger partial charge in [-0.1, -0.05) is 60.1 Å². The van der Waals surface area contributed by atoms with Crippen LogP contribution in [0.5, 0.6) is 0 Å². The van der Waals surface area contributed by atoms with Crippen LogP contribution in [0, 0.1) is 4.91 Å². The smallest absolute Gasteiger partial charge is 0.0615 e. The van der Waals surface area contributed by atoms with Crippen LogP contribution in [0.1, 0.15) is 28.3 Å². The molecular formula is C19H18ClN3O. The zero-order valence-corrected chi connectivity index (χ0v) is 14.0. The molecule has 5 heteroatoms. The molecule has 0 saturated carbocycles. The summed E-state index contributed by atoms with van der Waals surface area (Å²) in [4.78, 5) is 13.2. The third kappa shape index (κ3) is 2.62. The van der Waals surface area contributed by atoms with E-state index in [9.17, 15) is 4.91 Å². The van der Waals surface area contributed by atoms with Crippen molar-refractivity contribution >= 4 is 22.7 Å². The fraction of sp³-hybridized carbons (Fsp3) is 0.263. The van der Waals surface area contributed by atoms with Crippen LogP contribution in [0.2, 0.25) is 0 Å². The minimum absolute atomic E-state index is 0.138. The van der Waals surface area contributed by atoms with Crippen LogP contribution in [0.3, 0.4) is 0 Å². The molecule has 0 bridgehead atoms. The lowest BCUT2D eigenvalue weighted by Gasteiger charge is -2.38. The number of nitrogens with zero attached hydrogens (tertiary/aromatic N) is 3. The van der Waals surface area contributed by atoms with Crippen molar-refractivity contribution in [2.24, 2.45) is 5.29 Å². The van der Waals surface area contributed by atoms with E-state index in [2.05, 4.69) is 52.7 Å². The van der Waals surface area contributed by atoms with E-state index < -0.39 is 0 Å². The third-order valence-electron chi connectivity index (χ3n) is 4.86. The van der Waals surface area contributed by atoms with Gasteiger partial charge in [0, 0.05) is 18.1 Å². The quantitative estimate of drug-likeness (QED) is 0.772. The van der Waals surface area contributed by atoms with Gasteiger partial charge in [0.25, 0.3) is 0 Å². The summed E-state index contributed by atoms with van der Waals surface area (Å²) >= 11 is 6.61. The van der Waals surface area contributed by atoms with Crippen molar-refractivity contribution in [3.8, 4) is 0 Å². The highest BCUT2D eigenvalue weighted by atomic mass is 35.5. The molecule has 24 heavy (non-hydrogen) atoms. The molecule has 1 saturated heterocycles. The van der Waals surface area contributed by atoms with E-state index in [1.807, 2.05) is 12.1 Å². The Morgan fingerprint density at radius 3 is 2.33 bits per heavy atom. The van der Waals surface area contributed by atoms with Gasteiger partial charge in [-0.15, -0.1) is 4.91 Å². The van der Waals surface area contributed by atoms with Crippen molar-refractivity contribution < 1.29 is 0 Å². The van der Waals surface area contributed by atoms with E-state index in [0.29, 0.717) is 13.1 Å². The number of piperazine rings is 1. The van der Waals surface area contributed by atoms with Gasteiger partial charge in [0.1, 0.15) is 0 Å². The van der Waals surface area contributed by atoms with E-state index in [1.54, 1.807) is 5.01 Å². The molecule has 2 aliphatic rings. The highest BCUT2D eigenvalue weighted by Crippen LogP contribution is 2.41. The lowest BCUT2D eigenvalue weighted by Crippen LogP contribution is -2.45. The lowest BCUT2D eigenvalue weighted by molar-refractivity contribution is 0.111. The molecule has 1 fully saturated rings. The monoisotopic (exact) mass is 339 g/mol. The normalized spacial score (nSPS) is 20.6. The highest BCUT2D eigenvalue weighted by molar-refractivity contribution is 6.51. The SMILES string of the molecule is O=NN1CCN(C2c3ccccc3C=C(Cl)c3ccccc32)CC1. The molecule has 0 N–H and O–H groups in total. The molecule has 4 nitrogen and oxygen atoms in total.